The maximum Gasteiger partial charge on any atom is 0.129 e. The molecule has 0 radical (unpaired) electrons. The monoisotopic (exact) mass is 168 g/mol. The van der Waals surface area contributed by atoms with Crippen LogP contribution in [0.4, 0.5) is 8.78 Å². The Labute approximate surface area is 70.2 Å². The molecule has 0 amide bonds. The molecule has 12 heavy (non-hydrogen) atoms. The third kappa shape index (κ3) is 1.02. The predicted octanol–water partition coefficient (Wildman–Crippen LogP) is 3.02. The Kier molecular flexibility index (Phi) is 1.47. The van der Waals surface area contributed by atoms with E-state index in [-0.39, 0.29) is 11.0 Å². The van der Waals surface area contributed by atoms with Crippen molar-refractivity contribution in [3.8, 4) is 0 Å². The van der Waals surface area contributed by atoms with Gasteiger partial charge in [0.25, 0.3) is 0 Å². The van der Waals surface area contributed by atoms with Crippen LogP contribution in [0, 0.1) is 11.6 Å². The predicted molar refractivity (Wildman–Crippen MR) is 42.9 cm³/mol. The maximum absolute atomic E-state index is 13.1. The van der Waals surface area contributed by atoms with Gasteiger partial charge in [-0.1, -0.05) is 13.0 Å². The molecule has 0 aromatic heterocycles. The summed E-state index contributed by atoms with van der Waals surface area (Å²) in [7, 11) is 0. The van der Waals surface area contributed by atoms with Gasteiger partial charge in [0.2, 0.25) is 0 Å². The summed E-state index contributed by atoms with van der Waals surface area (Å²) in [5.41, 5.74) is 0.0418. The van der Waals surface area contributed by atoms with E-state index in [1.54, 1.807) is 0 Å². The smallest absolute Gasteiger partial charge is 0.129 e. The topological polar surface area (TPSA) is 0 Å². The van der Waals surface area contributed by atoms with Crippen LogP contribution in [0.2, 0.25) is 0 Å². The molecule has 2 rings (SSSR count). The number of halogens is 2. The zero-order chi connectivity index (χ0) is 8.77. The van der Waals surface area contributed by atoms with Crippen molar-refractivity contribution in [3.63, 3.8) is 0 Å². The van der Waals surface area contributed by atoms with Crippen LogP contribution < -0.4 is 0 Å². The van der Waals surface area contributed by atoms with E-state index in [9.17, 15) is 8.78 Å². The molecule has 0 unspecified atom stereocenters. The molecule has 0 atom stereocenters. The molecule has 0 heterocycles. The van der Waals surface area contributed by atoms with Crippen molar-refractivity contribution in [3.05, 3.63) is 35.4 Å². The molecule has 1 aliphatic rings. The number of benzene rings is 1. The largest absolute Gasteiger partial charge is 0.207 e. The van der Waals surface area contributed by atoms with Crippen LogP contribution in [-0.2, 0) is 5.41 Å². The van der Waals surface area contributed by atoms with Gasteiger partial charge < -0.3 is 0 Å². The summed E-state index contributed by atoms with van der Waals surface area (Å²) in [5, 5.41) is 0. The fourth-order valence-electron chi connectivity index (χ4n) is 1.51. The highest BCUT2D eigenvalue weighted by Gasteiger charge is 2.42. The van der Waals surface area contributed by atoms with Gasteiger partial charge in [-0.05, 0) is 30.4 Å². The highest BCUT2D eigenvalue weighted by atomic mass is 19.1. The van der Waals surface area contributed by atoms with Crippen molar-refractivity contribution in [2.75, 3.05) is 0 Å². The van der Waals surface area contributed by atoms with E-state index < -0.39 is 11.6 Å². The first-order chi connectivity index (χ1) is 5.63. The highest BCUT2D eigenvalue weighted by Crippen LogP contribution is 2.49. The van der Waals surface area contributed by atoms with Crippen molar-refractivity contribution in [1.29, 1.82) is 0 Å². The van der Waals surface area contributed by atoms with Gasteiger partial charge in [-0.15, -0.1) is 0 Å². The molecule has 64 valence electrons. The molecular weight excluding hydrogens is 158 g/mol. The van der Waals surface area contributed by atoms with Gasteiger partial charge in [0.05, 0.1) is 0 Å². The van der Waals surface area contributed by atoms with Crippen molar-refractivity contribution >= 4 is 0 Å². The average molecular weight is 168 g/mol. The minimum atomic E-state index is -0.407. The van der Waals surface area contributed by atoms with Gasteiger partial charge in [-0.2, -0.15) is 0 Å². The first kappa shape index (κ1) is 7.71. The van der Waals surface area contributed by atoms with E-state index in [1.165, 1.54) is 18.2 Å². The van der Waals surface area contributed by atoms with E-state index in [4.69, 9.17) is 0 Å². The van der Waals surface area contributed by atoms with Crippen LogP contribution in [0.1, 0.15) is 25.3 Å². The lowest BCUT2D eigenvalue weighted by Gasteiger charge is -2.10. The molecule has 1 aromatic carbocycles. The fourth-order valence-corrected chi connectivity index (χ4v) is 1.51. The molecule has 1 aliphatic carbocycles. The minimum absolute atomic E-state index is 0.227. The Hall–Kier alpha value is -0.920. The molecule has 0 aliphatic heterocycles. The van der Waals surface area contributed by atoms with Gasteiger partial charge in [0.1, 0.15) is 11.6 Å². The van der Waals surface area contributed by atoms with Crippen molar-refractivity contribution in [1.82, 2.24) is 0 Å². The van der Waals surface area contributed by atoms with Gasteiger partial charge in [0.15, 0.2) is 0 Å². The molecule has 0 N–H and O–H groups in total. The second-order valence-corrected chi connectivity index (χ2v) is 3.66. The summed E-state index contributed by atoms with van der Waals surface area (Å²) in [6.07, 6.45) is 1.79. The van der Waals surface area contributed by atoms with Gasteiger partial charge in [-0.25, -0.2) is 8.78 Å². The number of hydrogen-bond acceptors (Lipinski definition) is 0. The second kappa shape index (κ2) is 2.28. The van der Waals surface area contributed by atoms with E-state index in [0.29, 0.717) is 0 Å². The third-order valence-electron chi connectivity index (χ3n) is 2.57. The number of hydrogen-bond donors (Lipinski definition) is 0. The second-order valence-electron chi connectivity index (χ2n) is 3.66. The molecule has 0 saturated heterocycles. The van der Waals surface area contributed by atoms with Gasteiger partial charge in [0, 0.05) is 5.56 Å². The van der Waals surface area contributed by atoms with E-state index in [2.05, 4.69) is 0 Å². The maximum atomic E-state index is 13.1. The van der Waals surface area contributed by atoms with Crippen molar-refractivity contribution < 1.29 is 8.78 Å². The summed E-state index contributed by atoms with van der Waals surface area (Å²) < 4.78 is 26.3. The lowest BCUT2D eigenvalue weighted by atomic mass is 9.97. The summed E-state index contributed by atoms with van der Waals surface area (Å²) in [5.74, 6) is -0.815. The first-order valence-electron chi connectivity index (χ1n) is 4.08. The highest BCUT2D eigenvalue weighted by molar-refractivity contribution is 5.32. The van der Waals surface area contributed by atoms with Crippen molar-refractivity contribution in [2.24, 2.45) is 0 Å². The van der Waals surface area contributed by atoms with E-state index >= 15 is 0 Å². The van der Waals surface area contributed by atoms with Gasteiger partial charge >= 0.3 is 0 Å². The quantitative estimate of drug-likeness (QED) is 0.604. The summed E-state index contributed by atoms with van der Waals surface area (Å²) in [6.45, 7) is 1.90. The molecular formula is C10H10F2. The molecule has 0 spiro atoms. The first-order valence-corrected chi connectivity index (χ1v) is 4.08. The van der Waals surface area contributed by atoms with Crippen LogP contribution in [-0.4, -0.2) is 0 Å². The summed E-state index contributed by atoms with van der Waals surface area (Å²) in [6, 6.07) is 4.05. The normalized spacial score (nSPS) is 19.2. The Bertz CT molecular complexity index is 293. The Balaban J connectivity index is 2.55. The molecule has 0 bridgehead atoms. The Morgan fingerprint density at radius 3 is 2.08 bits per heavy atom. The zero-order valence-corrected chi connectivity index (χ0v) is 6.90. The Morgan fingerprint density at radius 1 is 1.17 bits per heavy atom. The fraction of sp³-hybridized carbons (Fsp3) is 0.400. The van der Waals surface area contributed by atoms with Crippen LogP contribution in [0.3, 0.4) is 0 Å². The van der Waals surface area contributed by atoms with Crippen LogP contribution >= 0.6 is 0 Å². The molecule has 0 nitrogen and oxygen atoms in total. The standard InChI is InChI=1S/C10H10F2/c1-10(5-6-10)9-7(11)3-2-4-8(9)12/h2-4H,5-6H2,1H3. The lowest BCUT2D eigenvalue weighted by Crippen LogP contribution is -2.06. The molecule has 1 saturated carbocycles. The molecule has 1 fully saturated rings. The van der Waals surface area contributed by atoms with Crippen LogP contribution in [0.25, 0.3) is 0 Å². The van der Waals surface area contributed by atoms with E-state index in [1.807, 2.05) is 6.92 Å². The third-order valence-corrected chi connectivity index (χ3v) is 2.57. The van der Waals surface area contributed by atoms with Crippen molar-refractivity contribution in [2.45, 2.75) is 25.2 Å². The average Bonchev–Trinajstić information content (AvgIpc) is 2.68. The molecule has 1 aromatic rings. The lowest BCUT2D eigenvalue weighted by molar-refractivity contribution is 0.528. The van der Waals surface area contributed by atoms with E-state index in [0.717, 1.165) is 12.8 Å². The van der Waals surface area contributed by atoms with Crippen LogP contribution in [0.15, 0.2) is 18.2 Å². The molecule has 2 heteroatoms. The Morgan fingerprint density at radius 2 is 1.67 bits per heavy atom. The van der Waals surface area contributed by atoms with Gasteiger partial charge in [-0.3, -0.25) is 0 Å². The number of rotatable bonds is 1. The zero-order valence-electron chi connectivity index (χ0n) is 6.90. The summed E-state index contributed by atoms with van der Waals surface area (Å²) in [4.78, 5) is 0. The minimum Gasteiger partial charge on any atom is -0.207 e. The summed E-state index contributed by atoms with van der Waals surface area (Å²) >= 11 is 0. The SMILES string of the molecule is CC1(c2c(F)cccc2F)CC1. The van der Waals surface area contributed by atoms with Crippen LogP contribution in [0.5, 0.6) is 0 Å².